The molecule has 6 nitrogen and oxygen atoms in total. The minimum atomic E-state index is -0.319. The zero-order valence-corrected chi connectivity index (χ0v) is 17.1. The molecule has 1 aliphatic carbocycles. The second-order valence-corrected chi connectivity index (χ2v) is 9.49. The van der Waals surface area contributed by atoms with Crippen LogP contribution in [0, 0.1) is 11.3 Å². The Bertz CT molecular complexity index is 821. The summed E-state index contributed by atoms with van der Waals surface area (Å²) in [6.45, 7) is 8.53. The van der Waals surface area contributed by atoms with Gasteiger partial charge in [0.25, 0.3) is 0 Å². The van der Waals surface area contributed by atoms with Crippen molar-refractivity contribution in [2.75, 3.05) is 19.6 Å². The highest BCUT2D eigenvalue weighted by molar-refractivity contribution is 5.80. The lowest BCUT2D eigenvalue weighted by Gasteiger charge is -2.61. The van der Waals surface area contributed by atoms with Crippen LogP contribution in [0.25, 0.3) is 0 Å². The van der Waals surface area contributed by atoms with Gasteiger partial charge in [-0.2, -0.15) is 0 Å². The summed E-state index contributed by atoms with van der Waals surface area (Å²) < 4.78 is 0. The van der Waals surface area contributed by atoms with E-state index in [0.29, 0.717) is 31.8 Å². The summed E-state index contributed by atoms with van der Waals surface area (Å²) in [7, 11) is 0. The van der Waals surface area contributed by atoms with Crippen LogP contribution in [-0.2, 0) is 16.6 Å². The van der Waals surface area contributed by atoms with Gasteiger partial charge in [0.2, 0.25) is 5.91 Å². The molecular weight excluding hydrogens is 354 g/mol. The molecule has 0 radical (unpaired) electrons. The zero-order chi connectivity index (χ0) is 20.3. The lowest BCUT2D eigenvalue weighted by Crippen LogP contribution is -2.66. The van der Waals surface area contributed by atoms with Crippen molar-refractivity contribution in [2.24, 2.45) is 17.1 Å². The largest absolute Gasteiger partial charge is 0.508 e. The van der Waals surface area contributed by atoms with E-state index < -0.39 is 0 Å². The lowest BCUT2D eigenvalue weighted by molar-refractivity contribution is -0.123. The Labute approximate surface area is 166 Å². The van der Waals surface area contributed by atoms with Crippen LogP contribution in [0.3, 0.4) is 0 Å². The fourth-order valence-corrected chi connectivity index (χ4v) is 5.72. The molecule has 3 aliphatic rings. The predicted octanol–water partition coefficient (Wildman–Crippen LogP) is 2.62. The molecular formula is C22H31N3O3. The molecule has 28 heavy (non-hydrogen) atoms. The summed E-state index contributed by atoms with van der Waals surface area (Å²) in [6, 6.07) is 5.81. The Balaban J connectivity index is 1.66. The van der Waals surface area contributed by atoms with E-state index >= 15 is 0 Å². The number of hydrogen-bond acceptors (Lipinski definition) is 3. The van der Waals surface area contributed by atoms with Crippen molar-refractivity contribution >= 4 is 11.9 Å². The highest BCUT2D eigenvalue weighted by Gasteiger charge is 2.57. The number of aromatic hydroxyl groups is 1. The van der Waals surface area contributed by atoms with Crippen LogP contribution in [0.15, 0.2) is 18.2 Å². The number of rotatable bonds is 1. The van der Waals surface area contributed by atoms with Gasteiger partial charge in [0.05, 0.1) is 5.92 Å². The zero-order valence-electron chi connectivity index (χ0n) is 17.1. The molecule has 4 rings (SSSR count). The summed E-state index contributed by atoms with van der Waals surface area (Å²) in [5, 5.41) is 10.5. The Morgan fingerprint density at radius 2 is 1.96 bits per heavy atom. The topological polar surface area (TPSA) is 86.9 Å². The van der Waals surface area contributed by atoms with Crippen molar-refractivity contribution in [3.8, 4) is 5.75 Å². The fraction of sp³-hybridized carbons (Fsp3) is 0.636. The maximum Gasteiger partial charge on any atom is 0.320 e. The highest BCUT2D eigenvalue weighted by atomic mass is 16.3. The van der Waals surface area contributed by atoms with Crippen LogP contribution >= 0.6 is 0 Å². The molecule has 3 amide bonds. The van der Waals surface area contributed by atoms with Crippen LogP contribution in [0.4, 0.5) is 4.79 Å². The number of phenols is 1. The number of amides is 3. The third-order valence-corrected chi connectivity index (χ3v) is 7.97. The van der Waals surface area contributed by atoms with Gasteiger partial charge in [-0.05, 0) is 48.3 Å². The number of hydrogen-bond donors (Lipinski definition) is 2. The van der Waals surface area contributed by atoms with Gasteiger partial charge in [-0.15, -0.1) is 0 Å². The molecule has 1 unspecified atom stereocenters. The second-order valence-electron chi connectivity index (χ2n) is 9.49. The van der Waals surface area contributed by atoms with Gasteiger partial charge >= 0.3 is 6.03 Å². The predicted molar refractivity (Wildman–Crippen MR) is 107 cm³/mol. The van der Waals surface area contributed by atoms with Gasteiger partial charge < -0.3 is 20.6 Å². The highest BCUT2D eigenvalue weighted by Crippen LogP contribution is 2.57. The number of likely N-dealkylation sites (tertiary alicyclic amines) is 2. The Kier molecular flexibility index (Phi) is 4.36. The molecule has 3 atom stereocenters. The fourth-order valence-electron chi connectivity index (χ4n) is 5.72. The maximum atomic E-state index is 13.4. The SMILES string of the molecule is CC1(C)[C@H]2Cc3c(O)cccc3[C@]1(C)CCN2C(=O)N1CCCC(C(N)=O)C1. The molecule has 1 aromatic carbocycles. The first-order valence-electron chi connectivity index (χ1n) is 10.3. The monoisotopic (exact) mass is 385 g/mol. The quantitative estimate of drug-likeness (QED) is 0.779. The van der Waals surface area contributed by atoms with E-state index in [2.05, 4.69) is 26.8 Å². The van der Waals surface area contributed by atoms with Gasteiger partial charge in [-0.25, -0.2) is 4.79 Å². The molecule has 6 heteroatoms. The third kappa shape index (κ3) is 2.60. The van der Waals surface area contributed by atoms with Crippen molar-refractivity contribution in [1.29, 1.82) is 0 Å². The number of carbonyl (C=O) groups is 2. The van der Waals surface area contributed by atoms with Gasteiger partial charge in [0.1, 0.15) is 5.75 Å². The number of urea groups is 1. The average molecular weight is 386 g/mol. The molecule has 0 aromatic heterocycles. The first-order chi connectivity index (χ1) is 13.2. The van der Waals surface area contributed by atoms with Crippen molar-refractivity contribution in [3.05, 3.63) is 29.3 Å². The standard InChI is InChI=1S/C22H31N3O3/c1-21(2)18-12-15-16(7-4-8-17(15)26)22(21,3)9-11-25(18)20(28)24-10-5-6-14(13-24)19(23)27/h4,7-8,14,18,26H,5-6,9-13H2,1-3H3,(H2,23,27)/t14?,18-,22+/m1/s1. The van der Waals surface area contributed by atoms with Crippen LogP contribution in [-0.4, -0.2) is 52.5 Å². The lowest BCUT2D eigenvalue weighted by atomic mass is 9.51. The van der Waals surface area contributed by atoms with Crippen molar-refractivity contribution in [3.63, 3.8) is 0 Å². The maximum absolute atomic E-state index is 13.4. The molecule has 2 heterocycles. The van der Waals surface area contributed by atoms with E-state index in [9.17, 15) is 14.7 Å². The number of phenolic OH excluding ortho intramolecular Hbond substituents is 1. The van der Waals surface area contributed by atoms with Crippen molar-refractivity contribution in [2.45, 2.75) is 57.9 Å². The first kappa shape index (κ1) is 19.1. The van der Waals surface area contributed by atoms with E-state index in [-0.39, 0.29) is 34.7 Å². The molecule has 1 aromatic rings. The van der Waals surface area contributed by atoms with Crippen molar-refractivity contribution < 1.29 is 14.7 Å². The molecule has 152 valence electrons. The molecule has 2 saturated heterocycles. The molecule has 0 spiro atoms. The summed E-state index contributed by atoms with van der Waals surface area (Å²) in [5.74, 6) is -0.247. The van der Waals surface area contributed by atoms with E-state index in [1.54, 1.807) is 11.0 Å². The molecule has 2 aliphatic heterocycles. The summed E-state index contributed by atoms with van der Waals surface area (Å²) in [6.07, 6.45) is 3.07. The first-order valence-corrected chi connectivity index (χ1v) is 10.3. The number of nitrogens with two attached hydrogens (primary N) is 1. The van der Waals surface area contributed by atoms with Gasteiger partial charge in [-0.3, -0.25) is 4.79 Å². The summed E-state index contributed by atoms with van der Waals surface area (Å²) in [4.78, 5) is 28.9. The number of nitrogens with zero attached hydrogens (tertiary/aromatic N) is 2. The minimum Gasteiger partial charge on any atom is -0.508 e. The van der Waals surface area contributed by atoms with E-state index in [1.165, 1.54) is 5.56 Å². The van der Waals surface area contributed by atoms with Crippen LogP contribution in [0.2, 0.25) is 0 Å². The Hall–Kier alpha value is -2.24. The summed E-state index contributed by atoms with van der Waals surface area (Å²) in [5.41, 5.74) is 7.47. The van der Waals surface area contributed by atoms with E-state index in [4.69, 9.17) is 5.73 Å². The number of piperidine rings is 2. The van der Waals surface area contributed by atoms with Crippen LogP contribution < -0.4 is 5.73 Å². The number of benzene rings is 1. The van der Waals surface area contributed by atoms with E-state index in [0.717, 1.165) is 24.8 Å². The third-order valence-electron chi connectivity index (χ3n) is 7.97. The Morgan fingerprint density at radius 3 is 2.68 bits per heavy atom. The van der Waals surface area contributed by atoms with Crippen LogP contribution in [0.1, 0.15) is 51.2 Å². The average Bonchev–Trinajstić information content (AvgIpc) is 2.65. The van der Waals surface area contributed by atoms with Gasteiger partial charge in [0.15, 0.2) is 0 Å². The molecule has 2 fully saturated rings. The van der Waals surface area contributed by atoms with Gasteiger partial charge in [0, 0.05) is 31.1 Å². The second kappa shape index (κ2) is 6.39. The normalized spacial score (nSPS) is 31.2. The van der Waals surface area contributed by atoms with Gasteiger partial charge in [-0.1, -0.05) is 32.9 Å². The number of carbonyl (C=O) groups excluding carboxylic acids is 2. The minimum absolute atomic E-state index is 0.00458. The smallest absolute Gasteiger partial charge is 0.320 e. The molecule has 2 bridgehead atoms. The number of primary amides is 1. The molecule has 0 saturated carbocycles. The Morgan fingerprint density at radius 1 is 1.21 bits per heavy atom. The molecule has 3 N–H and O–H groups in total. The van der Waals surface area contributed by atoms with Crippen molar-refractivity contribution in [1.82, 2.24) is 9.80 Å². The van der Waals surface area contributed by atoms with E-state index in [1.807, 2.05) is 11.0 Å². The summed E-state index contributed by atoms with van der Waals surface area (Å²) >= 11 is 0. The number of fused-ring (bicyclic) bond motifs is 4. The van der Waals surface area contributed by atoms with Crippen LogP contribution in [0.5, 0.6) is 5.75 Å².